The molecule has 0 aliphatic rings. The van der Waals surface area contributed by atoms with Crippen molar-refractivity contribution in [3.8, 4) is 5.75 Å². The molecule has 148 valence electrons. The lowest BCUT2D eigenvalue weighted by Crippen LogP contribution is -2.30. The third-order valence-corrected chi connectivity index (χ3v) is 4.55. The highest BCUT2D eigenvalue weighted by molar-refractivity contribution is 6.06. The van der Waals surface area contributed by atoms with E-state index in [0.717, 1.165) is 11.3 Å². The molecule has 5 heteroatoms. The first-order valence-corrected chi connectivity index (χ1v) is 9.41. The fourth-order valence-electron chi connectivity index (χ4n) is 2.78. The molecule has 29 heavy (non-hydrogen) atoms. The minimum Gasteiger partial charge on any atom is -0.481 e. The topological polar surface area (TPSA) is 58.6 Å². The summed E-state index contributed by atoms with van der Waals surface area (Å²) < 4.78 is 5.67. The minimum atomic E-state index is -0.650. The summed E-state index contributed by atoms with van der Waals surface area (Å²) in [5.74, 6) is 0.263. The number of benzene rings is 3. The largest absolute Gasteiger partial charge is 0.481 e. The first-order chi connectivity index (χ1) is 13.9. The molecule has 0 aliphatic heterocycles. The SMILES string of the molecule is Cc1ccc(OC(C)C(=O)Nc2ccc(C(=O)N(C)c3ccccc3)cc2)cc1. The molecular weight excluding hydrogens is 364 g/mol. The molecule has 0 spiro atoms. The van der Waals surface area contributed by atoms with Crippen molar-refractivity contribution in [2.75, 3.05) is 17.3 Å². The van der Waals surface area contributed by atoms with Crippen LogP contribution in [-0.2, 0) is 4.79 Å². The van der Waals surface area contributed by atoms with Crippen molar-refractivity contribution >= 4 is 23.2 Å². The van der Waals surface area contributed by atoms with Gasteiger partial charge >= 0.3 is 0 Å². The number of aryl methyl sites for hydroxylation is 1. The van der Waals surface area contributed by atoms with Gasteiger partial charge in [-0.1, -0.05) is 35.9 Å². The van der Waals surface area contributed by atoms with Crippen LogP contribution in [0, 0.1) is 6.92 Å². The number of nitrogens with zero attached hydrogens (tertiary/aromatic N) is 1. The minimum absolute atomic E-state index is 0.120. The maximum Gasteiger partial charge on any atom is 0.265 e. The quantitative estimate of drug-likeness (QED) is 0.667. The van der Waals surface area contributed by atoms with E-state index < -0.39 is 6.10 Å². The molecule has 0 aliphatic carbocycles. The summed E-state index contributed by atoms with van der Waals surface area (Å²) in [6.07, 6.45) is -0.650. The van der Waals surface area contributed by atoms with Crippen LogP contribution < -0.4 is 15.0 Å². The number of carbonyl (C=O) groups excluding carboxylic acids is 2. The fourth-order valence-corrected chi connectivity index (χ4v) is 2.78. The van der Waals surface area contributed by atoms with Gasteiger partial charge in [-0.25, -0.2) is 0 Å². The molecule has 0 fully saturated rings. The molecule has 0 bridgehead atoms. The molecule has 2 amide bonds. The van der Waals surface area contributed by atoms with E-state index in [1.165, 1.54) is 0 Å². The van der Waals surface area contributed by atoms with Crippen LogP contribution in [0.5, 0.6) is 5.75 Å². The maximum absolute atomic E-state index is 12.6. The van der Waals surface area contributed by atoms with Crippen LogP contribution in [0.1, 0.15) is 22.8 Å². The maximum atomic E-state index is 12.6. The Morgan fingerprint density at radius 2 is 1.52 bits per heavy atom. The van der Waals surface area contributed by atoms with Gasteiger partial charge < -0.3 is 15.0 Å². The molecule has 3 rings (SSSR count). The van der Waals surface area contributed by atoms with E-state index in [-0.39, 0.29) is 11.8 Å². The van der Waals surface area contributed by atoms with Gasteiger partial charge in [-0.2, -0.15) is 0 Å². The van der Waals surface area contributed by atoms with Gasteiger partial charge in [0.2, 0.25) is 0 Å². The van der Waals surface area contributed by atoms with Crippen LogP contribution in [0.2, 0.25) is 0 Å². The number of ether oxygens (including phenoxy) is 1. The van der Waals surface area contributed by atoms with E-state index in [0.29, 0.717) is 17.0 Å². The zero-order chi connectivity index (χ0) is 20.8. The number of amides is 2. The van der Waals surface area contributed by atoms with Crippen molar-refractivity contribution < 1.29 is 14.3 Å². The second-order valence-electron chi connectivity index (χ2n) is 6.84. The number of para-hydroxylation sites is 1. The van der Waals surface area contributed by atoms with Crippen LogP contribution >= 0.6 is 0 Å². The first kappa shape index (κ1) is 20.1. The molecule has 0 aromatic heterocycles. The highest BCUT2D eigenvalue weighted by Gasteiger charge is 2.16. The van der Waals surface area contributed by atoms with Crippen molar-refractivity contribution in [3.63, 3.8) is 0 Å². The summed E-state index contributed by atoms with van der Waals surface area (Å²) in [5.41, 5.74) is 3.09. The lowest BCUT2D eigenvalue weighted by atomic mass is 10.1. The van der Waals surface area contributed by atoms with E-state index >= 15 is 0 Å². The van der Waals surface area contributed by atoms with Gasteiger partial charge in [0.15, 0.2) is 6.10 Å². The standard InChI is InChI=1S/C24H24N2O3/c1-17-9-15-22(16-10-17)29-18(2)23(27)25-20-13-11-19(12-14-20)24(28)26(3)21-7-5-4-6-8-21/h4-16,18H,1-3H3,(H,25,27). The van der Waals surface area contributed by atoms with Crippen molar-refractivity contribution in [1.82, 2.24) is 0 Å². The van der Waals surface area contributed by atoms with Crippen molar-refractivity contribution in [2.24, 2.45) is 0 Å². The molecule has 0 radical (unpaired) electrons. The molecule has 3 aromatic rings. The van der Waals surface area contributed by atoms with Crippen LogP contribution in [0.15, 0.2) is 78.9 Å². The number of hydrogen-bond donors (Lipinski definition) is 1. The van der Waals surface area contributed by atoms with Gasteiger partial charge in [-0.15, -0.1) is 0 Å². The molecule has 0 saturated carbocycles. The van der Waals surface area contributed by atoms with Crippen molar-refractivity contribution in [3.05, 3.63) is 90.0 Å². The highest BCUT2D eigenvalue weighted by atomic mass is 16.5. The number of rotatable bonds is 6. The molecule has 0 saturated heterocycles. The summed E-state index contributed by atoms with van der Waals surface area (Å²) in [6, 6.07) is 23.8. The molecule has 0 heterocycles. The van der Waals surface area contributed by atoms with Gasteiger partial charge in [0, 0.05) is 24.0 Å². The Morgan fingerprint density at radius 1 is 0.897 bits per heavy atom. The second kappa shape index (κ2) is 9.06. The van der Waals surface area contributed by atoms with Crippen molar-refractivity contribution in [1.29, 1.82) is 0 Å². The Bertz CT molecular complexity index is 967. The van der Waals surface area contributed by atoms with Gasteiger partial charge in [0.25, 0.3) is 11.8 Å². The van der Waals surface area contributed by atoms with E-state index in [1.807, 2.05) is 61.5 Å². The van der Waals surface area contributed by atoms with Crippen LogP contribution in [0.3, 0.4) is 0 Å². The van der Waals surface area contributed by atoms with E-state index in [9.17, 15) is 9.59 Å². The third kappa shape index (κ3) is 5.23. The summed E-state index contributed by atoms with van der Waals surface area (Å²) in [5, 5.41) is 2.81. The molecule has 1 unspecified atom stereocenters. The average molecular weight is 388 g/mol. The Morgan fingerprint density at radius 3 is 2.14 bits per heavy atom. The summed E-state index contributed by atoms with van der Waals surface area (Å²) in [6.45, 7) is 3.69. The monoisotopic (exact) mass is 388 g/mol. The molecule has 1 N–H and O–H groups in total. The molecular formula is C24H24N2O3. The smallest absolute Gasteiger partial charge is 0.265 e. The normalized spacial score (nSPS) is 11.4. The first-order valence-electron chi connectivity index (χ1n) is 9.41. The van der Waals surface area contributed by atoms with E-state index in [2.05, 4.69) is 5.32 Å². The number of anilines is 2. The van der Waals surface area contributed by atoms with Gasteiger partial charge in [-0.05, 0) is 62.4 Å². The molecule has 1 atom stereocenters. The average Bonchev–Trinajstić information content (AvgIpc) is 2.75. The molecule has 5 nitrogen and oxygen atoms in total. The zero-order valence-electron chi connectivity index (χ0n) is 16.8. The van der Waals surface area contributed by atoms with Gasteiger partial charge in [-0.3, -0.25) is 9.59 Å². The lowest BCUT2D eigenvalue weighted by molar-refractivity contribution is -0.122. The Kier molecular flexibility index (Phi) is 6.29. The number of nitrogens with one attached hydrogen (secondary N) is 1. The lowest BCUT2D eigenvalue weighted by Gasteiger charge is -2.18. The van der Waals surface area contributed by atoms with Crippen LogP contribution in [0.25, 0.3) is 0 Å². The Hall–Kier alpha value is -3.60. The highest BCUT2D eigenvalue weighted by Crippen LogP contribution is 2.18. The number of hydrogen-bond acceptors (Lipinski definition) is 3. The van der Waals surface area contributed by atoms with Gasteiger partial charge in [0.05, 0.1) is 0 Å². The van der Waals surface area contributed by atoms with E-state index in [4.69, 9.17) is 4.74 Å². The van der Waals surface area contributed by atoms with Crippen molar-refractivity contribution in [2.45, 2.75) is 20.0 Å². The van der Waals surface area contributed by atoms with Crippen LogP contribution in [0.4, 0.5) is 11.4 Å². The summed E-state index contributed by atoms with van der Waals surface area (Å²) in [7, 11) is 1.73. The Labute approximate surface area is 170 Å². The number of carbonyl (C=O) groups is 2. The fraction of sp³-hybridized carbons (Fsp3) is 0.167. The third-order valence-electron chi connectivity index (χ3n) is 4.55. The summed E-state index contributed by atoms with van der Waals surface area (Å²) in [4.78, 5) is 26.6. The second-order valence-corrected chi connectivity index (χ2v) is 6.84. The van der Waals surface area contributed by atoms with Gasteiger partial charge in [0.1, 0.15) is 5.75 Å². The predicted molar refractivity (Wildman–Crippen MR) is 116 cm³/mol. The van der Waals surface area contributed by atoms with E-state index in [1.54, 1.807) is 43.1 Å². The van der Waals surface area contributed by atoms with Crippen LogP contribution in [-0.4, -0.2) is 25.0 Å². The molecule has 3 aromatic carbocycles. The summed E-state index contributed by atoms with van der Waals surface area (Å²) >= 11 is 0. The zero-order valence-corrected chi connectivity index (χ0v) is 16.8. The Balaban J connectivity index is 1.60. The predicted octanol–water partition coefficient (Wildman–Crippen LogP) is 4.68.